The van der Waals surface area contributed by atoms with Gasteiger partial charge < -0.3 is 11.1 Å². The van der Waals surface area contributed by atoms with Crippen LogP contribution in [0.5, 0.6) is 0 Å². The van der Waals surface area contributed by atoms with Gasteiger partial charge in [0.1, 0.15) is 5.82 Å². The number of benzene rings is 1. The summed E-state index contributed by atoms with van der Waals surface area (Å²) in [6.45, 7) is 3.97. The van der Waals surface area contributed by atoms with Crippen LogP contribution in [0.2, 0.25) is 0 Å². The first-order chi connectivity index (χ1) is 8.54. The van der Waals surface area contributed by atoms with E-state index in [4.69, 9.17) is 5.73 Å². The summed E-state index contributed by atoms with van der Waals surface area (Å²) >= 11 is 0. The van der Waals surface area contributed by atoms with Crippen molar-refractivity contribution in [3.63, 3.8) is 0 Å². The average molecular weight is 251 g/mol. The molecule has 98 valence electrons. The van der Waals surface area contributed by atoms with Crippen LogP contribution < -0.4 is 11.1 Å². The highest BCUT2D eigenvalue weighted by Crippen LogP contribution is 2.09. The zero-order valence-corrected chi connectivity index (χ0v) is 10.4. The van der Waals surface area contributed by atoms with Gasteiger partial charge in [0.25, 0.3) is 0 Å². The Labute approximate surface area is 106 Å². The number of carbonyl (C=O) groups excluding carboxylic acids is 1. The maximum Gasteiger partial charge on any atom is 0.234 e. The number of likely N-dealkylation sites (tertiary alicyclic amines) is 1. The fourth-order valence-electron chi connectivity index (χ4n) is 1.94. The standard InChI is InChI=1S/C13H18FN3O/c1-9-2-3-10(4-12(9)14)5-16-13(18)8-17-6-11(15)7-17/h2-4,11H,5-8,15H2,1H3,(H,16,18). The molecule has 0 atom stereocenters. The minimum absolute atomic E-state index is 0.0529. The molecular formula is C13H18FN3O. The van der Waals surface area contributed by atoms with Crippen LogP contribution in [-0.2, 0) is 11.3 Å². The zero-order valence-electron chi connectivity index (χ0n) is 10.4. The Kier molecular flexibility index (Phi) is 3.93. The van der Waals surface area contributed by atoms with Gasteiger partial charge in [-0.15, -0.1) is 0 Å². The summed E-state index contributed by atoms with van der Waals surface area (Å²) in [5.74, 6) is -0.293. The lowest BCUT2D eigenvalue weighted by Crippen LogP contribution is -2.57. The monoisotopic (exact) mass is 251 g/mol. The normalized spacial score (nSPS) is 16.4. The van der Waals surface area contributed by atoms with Crippen molar-refractivity contribution in [2.75, 3.05) is 19.6 Å². The van der Waals surface area contributed by atoms with Crippen molar-refractivity contribution in [1.29, 1.82) is 0 Å². The van der Waals surface area contributed by atoms with Gasteiger partial charge in [0.15, 0.2) is 0 Å². The molecule has 1 amide bonds. The summed E-state index contributed by atoms with van der Waals surface area (Å²) in [4.78, 5) is 13.6. The zero-order chi connectivity index (χ0) is 13.1. The van der Waals surface area contributed by atoms with E-state index in [9.17, 15) is 9.18 Å². The number of hydrogen-bond acceptors (Lipinski definition) is 3. The third-order valence-corrected chi connectivity index (χ3v) is 3.08. The van der Waals surface area contributed by atoms with E-state index in [2.05, 4.69) is 5.32 Å². The third kappa shape index (κ3) is 3.27. The quantitative estimate of drug-likeness (QED) is 0.814. The summed E-state index contributed by atoms with van der Waals surface area (Å²) in [6.07, 6.45) is 0. The van der Waals surface area contributed by atoms with Crippen molar-refractivity contribution < 1.29 is 9.18 Å². The molecule has 2 rings (SSSR count). The number of halogens is 1. The van der Waals surface area contributed by atoms with Crippen molar-refractivity contribution in [2.45, 2.75) is 19.5 Å². The molecule has 4 nitrogen and oxygen atoms in total. The van der Waals surface area contributed by atoms with Gasteiger partial charge in [-0.05, 0) is 24.1 Å². The lowest BCUT2D eigenvalue weighted by atomic mass is 10.1. The second kappa shape index (κ2) is 5.46. The molecule has 1 heterocycles. The lowest BCUT2D eigenvalue weighted by Gasteiger charge is -2.36. The predicted molar refractivity (Wildman–Crippen MR) is 67.4 cm³/mol. The molecule has 1 fully saturated rings. The van der Waals surface area contributed by atoms with Crippen molar-refractivity contribution in [2.24, 2.45) is 5.73 Å². The van der Waals surface area contributed by atoms with Crippen LogP contribution in [0.1, 0.15) is 11.1 Å². The molecular weight excluding hydrogens is 233 g/mol. The number of hydrogen-bond donors (Lipinski definition) is 2. The van der Waals surface area contributed by atoms with Gasteiger partial charge >= 0.3 is 0 Å². The van der Waals surface area contributed by atoms with Crippen LogP contribution >= 0.6 is 0 Å². The maximum atomic E-state index is 13.3. The highest BCUT2D eigenvalue weighted by molar-refractivity contribution is 5.78. The number of rotatable bonds is 4. The molecule has 0 bridgehead atoms. The molecule has 0 saturated carbocycles. The number of amides is 1. The Hall–Kier alpha value is -1.46. The number of aryl methyl sites for hydroxylation is 1. The van der Waals surface area contributed by atoms with E-state index in [0.29, 0.717) is 18.7 Å². The largest absolute Gasteiger partial charge is 0.351 e. The van der Waals surface area contributed by atoms with Gasteiger partial charge in [0.05, 0.1) is 6.54 Å². The summed E-state index contributed by atoms with van der Waals surface area (Å²) in [7, 11) is 0. The van der Waals surface area contributed by atoms with Crippen LogP contribution in [-0.4, -0.2) is 36.5 Å². The van der Waals surface area contributed by atoms with Crippen molar-refractivity contribution >= 4 is 5.91 Å². The van der Waals surface area contributed by atoms with Gasteiger partial charge in [-0.25, -0.2) is 4.39 Å². The SMILES string of the molecule is Cc1ccc(CNC(=O)CN2CC(N)C2)cc1F. The van der Waals surface area contributed by atoms with Crippen molar-refractivity contribution in [3.8, 4) is 0 Å². The second-order valence-electron chi connectivity index (χ2n) is 4.81. The van der Waals surface area contributed by atoms with E-state index in [1.165, 1.54) is 6.07 Å². The summed E-state index contributed by atoms with van der Waals surface area (Å²) in [6, 6.07) is 5.18. The van der Waals surface area contributed by atoms with Crippen LogP contribution in [0, 0.1) is 12.7 Å². The molecule has 1 saturated heterocycles. The Morgan fingerprint density at radius 1 is 1.56 bits per heavy atom. The van der Waals surface area contributed by atoms with Crippen molar-refractivity contribution in [1.82, 2.24) is 10.2 Å². The predicted octanol–water partition coefficient (Wildman–Crippen LogP) is 0.393. The van der Waals surface area contributed by atoms with Crippen LogP contribution in [0.15, 0.2) is 18.2 Å². The number of nitrogens with two attached hydrogens (primary N) is 1. The summed E-state index contributed by atoms with van der Waals surface area (Å²) in [5, 5.41) is 2.77. The van der Waals surface area contributed by atoms with E-state index < -0.39 is 0 Å². The molecule has 1 aliphatic rings. The molecule has 0 radical (unpaired) electrons. The van der Waals surface area contributed by atoms with E-state index in [0.717, 1.165) is 18.7 Å². The Morgan fingerprint density at radius 3 is 2.89 bits per heavy atom. The van der Waals surface area contributed by atoms with Gasteiger partial charge in [-0.2, -0.15) is 0 Å². The highest BCUT2D eigenvalue weighted by Gasteiger charge is 2.24. The van der Waals surface area contributed by atoms with Crippen LogP contribution in [0.4, 0.5) is 4.39 Å². The molecule has 0 aromatic heterocycles. The Morgan fingerprint density at radius 2 is 2.28 bits per heavy atom. The molecule has 0 aliphatic carbocycles. The first-order valence-electron chi connectivity index (χ1n) is 6.04. The number of nitrogens with zero attached hydrogens (tertiary/aromatic N) is 1. The van der Waals surface area contributed by atoms with E-state index >= 15 is 0 Å². The molecule has 18 heavy (non-hydrogen) atoms. The molecule has 1 aromatic carbocycles. The summed E-state index contributed by atoms with van der Waals surface area (Å²) in [5.41, 5.74) is 7.01. The fourth-order valence-corrected chi connectivity index (χ4v) is 1.94. The molecule has 1 aromatic rings. The smallest absolute Gasteiger partial charge is 0.234 e. The second-order valence-corrected chi connectivity index (χ2v) is 4.81. The van der Waals surface area contributed by atoms with E-state index in [-0.39, 0.29) is 17.8 Å². The first-order valence-corrected chi connectivity index (χ1v) is 6.04. The number of nitrogens with one attached hydrogen (secondary N) is 1. The van der Waals surface area contributed by atoms with Crippen LogP contribution in [0.25, 0.3) is 0 Å². The fraction of sp³-hybridized carbons (Fsp3) is 0.462. The van der Waals surface area contributed by atoms with Gasteiger partial charge in [-0.1, -0.05) is 12.1 Å². The molecule has 1 aliphatic heterocycles. The Balaban J connectivity index is 1.76. The maximum absolute atomic E-state index is 13.3. The summed E-state index contributed by atoms with van der Waals surface area (Å²) < 4.78 is 13.3. The highest BCUT2D eigenvalue weighted by atomic mass is 19.1. The molecule has 0 unspecified atom stereocenters. The van der Waals surface area contributed by atoms with E-state index in [1.54, 1.807) is 13.0 Å². The van der Waals surface area contributed by atoms with Crippen molar-refractivity contribution in [3.05, 3.63) is 35.1 Å². The minimum atomic E-state index is -0.240. The molecule has 3 N–H and O–H groups in total. The first kappa shape index (κ1) is 13.0. The van der Waals surface area contributed by atoms with Gasteiger partial charge in [0, 0.05) is 25.7 Å². The molecule has 5 heteroatoms. The minimum Gasteiger partial charge on any atom is -0.351 e. The third-order valence-electron chi connectivity index (χ3n) is 3.08. The average Bonchev–Trinajstić information content (AvgIpc) is 2.29. The van der Waals surface area contributed by atoms with Gasteiger partial charge in [-0.3, -0.25) is 9.69 Å². The lowest BCUT2D eigenvalue weighted by molar-refractivity contribution is -0.123. The molecule has 0 spiro atoms. The number of carbonyl (C=O) groups is 1. The van der Waals surface area contributed by atoms with Gasteiger partial charge in [0.2, 0.25) is 5.91 Å². The topological polar surface area (TPSA) is 58.4 Å². The Bertz CT molecular complexity index is 444. The van der Waals surface area contributed by atoms with Crippen LogP contribution in [0.3, 0.4) is 0 Å². The van der Waals surface area contributed by atoms with E-state index in [1.807, 2.05) is 11.0 Å².